The molecule has 1 aromatic carbocycles. The number of benzene rings is 1. The second-order valence-electron chi connectivity index (χ2n) is 5.13. The highest BCUT2D eigenvalue weighted by atomic mass is 14.7. The van der Waals surface area contributed by atoms with Crippen molar-refractivity contribution in [3.8, 4) is 0 Å². The van der Waals surface area contributed by atoms with Gasteiger partial charge in [-0.25, -0.2) is 0 Å². The second-order valence-corrected chi connectivity index (χ2v) is 5.13. The Balaban J connectivity index is 2.33. The number of nitrogens with two attached hydrogens (primary N) is 1. The number of hydrogen-bond donors (Lipinski definition) is 1. The third kappa shape index (κ3) is 5.32. The zero-order chi connectivity index (χ0) is 11.9. The third-order valence-corrected chi connectivity index (χ3v) is 3.05. The van der Waals surface area contributed by atoms with Gasteiger partial charge in [0.25, 0.3) is 0 Å². The van der Waals surface area contributed by atoms with Crippen LogP contribution in [0.3, 0.4) is 0 Å². The van der Waals surface area contributed by atoms with Crippen molar-refractivity contribution >= 4 is 0 Å². The van der Waals surface area contributed by atoms with Crippen molar-refractivity contribution in [3.05, 3.63) is 35.9 Å². The molecule has 0 aliphatic carbocycles. The molecule has 2 N–H and O–H groups in total. The van der Waals surface area contributed by atoms with E-state index in [0.29, 0.717) is 0 Å². The molecule has 0 amide bonds. The quantitative estimate of drug-likeness (QED) is 0.691. The van der Waals surface area contributed by atoms with Crippen molar-refractivity contribution in [2.24, 2.45) is 5.73 Å². The van der Waals surface area contributed by atoms with Gasteiger partial charge in [0, 0.05) is 5.54 Å². The summed E-state index contributed by atoms with van der Waals surface area (Å²) in [5, 5.41) is 0. The molecule has 1 atom stereocenters. The minimum atomic E-state index is -0.0465. The van der Waals surface area contributed by atoms with E-state index >= 15 is 0 Å². The van der Waals surface area contributed by atoms with E-state index in [2.05, 4.69) is 44.2 Å². The topological polar surface area (TPSA) is 26.0 Å². The van der Waals surface area contributed by atoms with Crippen LogP contribution in [0.1, 0.15) is 51.5 Å². The Morgan fingerprint density at radius 1 is 1.06 bits per heavy atom. The predicted octanol–water partition coefficient (Wildman–Crippen LogP) is 3.92. The molecular weight excluding hydrogens is 194 g/mol. The summed E-state index contributed by atoms with van der Waals surface area (Å²) in [6.07, 6.45) is 7.31. The molecule has 0 aromatic heterocycles. The fourth-order valence-electron chi connectivity index (χ4n) is 2.11. The van der Waals surface area contributed by atoms with Gasteiger partial charge in [0.15, 0.2) is 0 Å². The molecule has 0 fully saturated rings. The average molecular weight is 219 g/mol. The molecular formula is C15H25N. The van der Waals surface area contributed by atoms with Gasteiger partial charge in [0.05, 0.1) is 0 Å². The second kappa shape index (κ2) is 6.70. The molecule has 0 radical (unpaired) electrons. The highest BCUT2D eigenvalue weighted by Crippen LogP contribution is 2.18. The zero-order valence-corrected chi connectivity index (χ0v) is 10.7. The van der Waals surface area contributed by atoms with Crippen LogP contribution < -0.4 is 5.73 Å². The number of hydrogen-bond acceptors (Lipinski definition) is 1. The summed E-state index contributed by atoms with van der Waals surface area (Å²) in [5.74, 6) is 0. The van der Waals surface area contributed by atoms with E-state index in [0.717, 1.165) is 12.8 Å². The number of unbranched alkanes of at least 4 members (excludes halogenated alkanes) is 3. The van der Waals surface area contributed by atoms with Crippen LogP contribution in [0, 0.1) is 0 Å². The molecule has 0 saturated carbocycles. The lowest BCUT2D eigenvalue weighted by molar-refractivity contribution is 0.406. The fourth-order valence-corrected chi connectivity index (χ4v) is 2.11. The summed E-state index contributed by atoms with van der Waals surface area (Å²) in [7, 11) is 0. The van der Waals surface area contributed by atoms with Gasteiger partial charge in [0.1, 0.15) is 0 Å². The van der Waals surface area contributed by atoms with E-state index in [1.165, 1.54) is 31.2 Å². The molecule has 0 saturated heterocycles. The lowest BCUT2D eigenvalue weighted by Gasteiger charge is -2.24. The van der Waals surface area contributed by atoms with Crippen molar-refractivity contribution in [2.75, 3.05) is 0 Å². The lowest BCUT2D eigenvalue weighted by atomic mass is 9.88. The first-order chi connectivity index (χ1) is 7.64. The minimum absolute atomic E-state index is 0.0465. The van der Waals surface area contributed by atoms with Gasteiger partial charge >= 0.3 is 0 Å². The highest BCUT2D eigenvalue weighted by Gasteiger charge is 2.17. The standard InChI is InChI=1S/C15H25N/c1-3-4-5-9-12-15(2,16)13-14-10-7-6-8-11-14/h6-8,10-11H,3-5,9,12-13,16H2,1-2H3. The molecule has 1 aromatic rings. The van der Waals surface area contributed by atoms with Crippen molar-refractivity contribution < 1.29 is 0 Å². The van der Waals surface area contributed by atoms with E-state index in [4.69, 9.17) is 5.73 Å². The molecule has 90 valence electrons. The summed E-state index contributed by atoms with van der Waals surface area (Å²) >= 11 is 0. The van der Waals surface area contributed by atoms with Gasteiger partial charge in [-0.15, -0.1) is 0 Å². The Kier molecular flexibility index (Phi) is 5.54. The molecule has 1 rings (SSSR count). The molecule has 0 heterocycles. The smallest absolute Gasteiger partial charge is 0.0166 e. The van der Waals surface area contributed by atoms with E-state index in [-0.39, 0.29) is 5.54 Å². The van der Waals surface area contributed by atoms with E-state index in [9.17, 15) is 0 Å². The zero-order valence-electron chi connectivity index (χ0n) is 10.7. The predicted molar refractivity (Wildman–Crippen MR) is 71.5 cm³/mol. The Morgan fingerprint density at radius 2 is 1.75 bits per heavy atom. The molecule has 0 bridgehead atoms. The maximum Gasteiger partial charge on any atom is 0.0166 e. The number of rotatable bonds is 7. The summed E-state index contributed by atoms with van der Waals surface area (Å²) in [4.78, 5) is 0. The Morgan fingerprint density at radius 3 is 2.38 bits per heavy atom. The summed E-state index contributed by atoms with van der Waals surface area (Å²) in [6, 6.07) is 10.6. The van der Waals surface area contributed by atoms with Crippen LogP contribution in [0.5, 0.6) is 0 Å². The molecule has 16 heavy (non-hydrogen) atoms. The fraction of sp³-hybridized carbons (Fsp3) is 0.600. The van der Waals surface area contributed by atoms with E-state index in [1.54, 1.807) is 0 Å². The van der Waals surface area contributed by atoms with Crippen molar-refractivity contribution in [1.29, 1.82) is 0 Å². The summed E-state index contributed by atoms with van der Waals surface area (Å²) in [6.45, 7) is 4.41. The van der Waals surface area contributed by atoms with Crippen LogP contribution in [0.15, 0.2) is 30.3 Å². The highest BCUT2D eigenvalue weighted by molar-refractivity contribution is 5.17. The maximum atomic E-state index is 6.33. The Bertz CT molecular complexity index is 277. The Hall–Kier alpha value is -0.820. The monoisotopic (exact) mass is 219 g/mol. The summed E-state index contributed by atoms with van der Waals surface area (Å²) in [5.41, 5.74) is 7.63. The van der Waals surface area contributed by atoms with Crippen LogP contribution in [0.2, 0.25) is 0 Å². The SMILES string of the molecule is CCCCCCC(C)(N)Cc1ccccc1. The normalized spacial score (nSPS) is 14.7. The molecule has 0 aliphatic heterocycles. The van der Waals surface area contributed by atoms with Crippen LogP contribution in [0.25, 0.3) is 0 Å². The van der Waals surface area contributed by atoms with Crippen molar-refractivity contribution in [1.82, 2.24) is 0 Å². The van der Waals surface area contributed by atoms with Crippen LogP contribution in [-0.4, -0.2) is 5.54 Å². The summed E-state index contributed by atoms with van der Waals surface area (Å²) < 4.78 is 0. The average Bonchev–Trinajstić information content (AvgIpc) is 2.25. The van der Waals surface area contributed by atoms with Crippen molar-refractivity contribution in [3.63, 3.8) is 0 Å². The maximum absolute atomic E-state index is 6.33. The Labute approximate surface area is 100 Å². The molecule has 0 spiro atoms. The van der Waals surface area contributed by atoms with Gasteiger partial charge < -0.3 is 5.73 Å². The van der Waals surface area contributed by atoms with Gasteiger partial charge in [-0.05, 0) is 25.3 Å². The molecule has 1 heteroatoms. The van der Waals surface area contributed by atoms with Crippen molar-refractivity contribution in [2.45, 2.75) is 57.9 Å². The lowest BCUT2D eigenvalue weighted by Crippen LogP contribution is -2.38. The van der Waals surface area contributed by atoms with Gasteiger partial charge in [-0.3, -0.25) is 0 Å². The molecule has 1 nitrogen and oxygen atoms in total. The van der Waals surface area contributed by atoms with Gasteiger partial charge in [-0.1, -0.05) is 62.9 Å². The minimum Gasteiger partial charge on any atom is -0.325 e. The van der Waals surface area contributed by atoms with Crippen LogP contribution >= 0.6 is 0 Å². The van der Waals surface area contributed by atoms with E-state index < -0.39 is 0 Å². The first-order valence-electron chi connectivity index (χ1n) is 6.47. The van der Waals surface area contributed by atoms with Crippen LogP contribution in [0.4, 0.5) is 0 Å². The van der Waals surface area contributed by atoms with Gasteiger partial charge in [0.2, 0.25) is 0 Å². The molecule has 1 unspecified atom stereocenters. The largest absolute Gasteiger partial charge is 0.325 e. The molecule has 0 aliphatic rings. The van der Waals surface area contributed by atoms with Crippen LogP contribution in [-0.2, 0) is 6.42 Å². The van der Waals surface area contributed by atoms with E-state index in [1.807, 2.05) is 0 Å². The first kappa shape index (κ1) is 13.2. The van der Waals surface area contributed by atoms with Gasteiger partial charge in [-0.2, -0.15) is 0 Å². The first-order valence-corrected chi connectivity index (χ1v) is 6.47. The third-order valence-electron chi connectivity index (χ3n) is 3.05.